The number of hydrogen-bond donors (Lipinski definition) is 1. The van der Waals surface area contributed by atoms with Crippen LogP contribution in [0.15, 0.2) is 28.7 Å². The number of nitrogens with two attached hydrogens (primary N) is 1. The molecule has 1 saturated carbocycles. The van der Waals surface area contributed by atoms with Crippen LogP contribution in [0.4, 0.5) is 0 Å². The van der Waals surface area contributed by atoms with Crippen LogP contribution >= 0.6 is 15.9 Å². The Hall–Kier alpha value is -0.340. The molecular formula is C16H24BrN. The summed E-state index contributed by atoms with van der Waals surface area (Å²) in [4.78, 5) is 0. The molecular weight excluding hydrogens is 286 g/mol. The van der Waals surface area contributed by atoms with Crippen molar-refractivity contribution in [3.05, 3.63) is 34.3 Å². The molecule has 0 amide bonds. The third kappa shape index (κ3) is 2.65. The van der Waals surface area contributed by atoms with E-state index in [4.69, 9.17) is 5.73 Å². The van der Waals surface area contributed by atoms with E-state index in [1.54, 1.807) is 0 Å². The molecule has 0 spiro atoms. The summed E-state index contributed by atoms with van der Waals surface area (Å²) in [6, 6.07) is 9.04. The van der Waals surface area contributed by atoms with Crippen molar-refractivity contribution in [2.24, 2.45) is 11.7 Å². The Bertz CT molecular complexity index is 394. The van der Waals surface area contributed by atoms with Crippen molar-refractivity contribution in [2.45, 2.75) is 57.4 Å². The summed E-state index contributed by atoms with van der Waals surface area (Å²) in [5.41, 5.74) is 8.12. The Morgan fingerprint density at radius 3 is 2.61 bits per heavy atom. The van der Waals surface area contributed by atoms with Gasteiger partial charge < -0.3 is 5.73 Å². The predicted octanol–water partition coefficient (Wildman–Crippen LogP) is 4.63. The van der Waals surface area contributed by atoms with E-state index >= 15 is 0 Å². The summed E-state index contributed by atoms with van der Waals surface area (Å²) in [6.07, 6.45) is 6.14. The van der Waals surface area contributed by atoms with Gasteiger partial charge in [0.25, 0.3) is 0 Å². The quantitative estimate of drug-likeness (QED) is 0.865. The molecule has 2 N–H and O–H groups in total. The van der Waals surface area contributed by atoms with E-state index in [0.29, 0.717) is 0 Å². The molecule has 1 aliphatic carbocycles. The lowest BCUT2D eigenvalue weighted by Gasteiger charge is -2.44. The highest BCUT2D eigenvalue weighted by Gasteiger charge is 2.40. The van der Waals surface area contributed by atoms with Crippen LogP contribution in [-0.4, -0.2) is 6.04 Å². The van der Waals surface area contributed by atoms with Gasteiger partial charge in [-0.3, -0.25) is 0 Å². The third-order valence-electron chi connectivity index (χ3n) is 4.72. The van der Waals surface area contributed by atoms with Crippen LogP contribution in [0.2, 0.25) is 0 Å². The van der Waals surface area contributed by atoms with Crippen LogP contribution in [-0.2, 0) is 5.41 Å². The first-order valence-electron chi connectivity index (χ1n) is 7.10. The molecule has 1 aromatic rings. The number of hydrogen-bond acceptors (Lipinski definition) is 1. The average Bonchev–Trinajstić information content (AvgIpc) is 2.39. The first-order valence-corrected chi connectivity index (χ1v) is 7.89. The summed E-state index contributed by atoms with van der Waals surface area (Å²) < 4.78 is 1.17. The molecule has 1 atom stereocenters. The molecule has 0 saturated heterocycles. The van der Waals surface area contributed by atoms with Gasteiger partial charge >= 0.3 is 0 Å². The monoisotopic (exact) mass is 309 g/mol. The van der Waals surface area contributed by atoms with Crippen LogP contribution in [0.3, 0.4) is 0 Å². The Morgan fingerprint density at radius 1 is 1.39 bits per heavy atom. The molecule has 0 bridgehead atoms. The van der Waals surface area contributed by atoms with Crippen molar-refractivity contribution in [3.8, 4) is 0 Å². The zero-order chi connectivity index (χ0) is 13.2. The van der Waals surface area contributed by atoms with Gasteiger partial charge in [0.15, 0.2) is 0 Å². The average molecular weight is 310 g/mol. The maximum Gasteiger partial charge on any atom is 0.0178 e. The van der Waals surface area contributed by atoms with Gasteiger partial charge in [-0.15, -0.1) is 0 Å². The summed E-state index contributed by atoms with van der Waals surface area (Å²) >= 11 is 3.60. The first kappa shape index (κ1) is 14.1. The number of halogens is 1. The molecule has 0 aromatic heterocycles. The summed E-state index contributed by atoms with van der Waals surface area (Å²) in [5.74, 6) is 0.856. The van der Waals surface area contributed by atoms with Crippen molar-refractivity contribution in [1.82, 2.24) is 0 Å². The minimum Gasteiger partial charge on any atom is -0.327 e. The van der Waals surface area contributed by atoms with Crippen molar-refractivity contribution < 1.29 is 0 Å². The predicted molar refractivity (Wildman–Crippen MR) is 81.7 cm³/mol. The fourth-order valence-electron chi connectivity index (χ4n) is 3.34. The van der Waals surface area contributed by atoms with Gasteiger partial charge in [0.1, 0.15) is 0 Å². The van der Waals surface area contributed by atoms with Gasteiger partial charge in [0.05, 0.1) is 0 Å². The zero-order valence-corrected chi connectivity index (χ0v) is 13.0. The van der Waals surface area contributed by atoms with Gasteiger partial charge in [-0.05, 0) is 55.7 Å². The molecule has 1 unspecified atom stereocenters. The summed E-state index contributed by atoms with van der Waals surface area (Å²) in [5, 5.41) is 0. The first-order chi connectivity index (χ1) is 8.58. The van der Waals surface area contributed by atoms with E-state index < -0.39 is 0 Å². The smallest absolute Gasteiger partial charge is 0.0178 e. The van der Waals surface area contributed by atoms with Gasteiger partial charge in [0.2, 0.25) is 0 Å². The maximum absolute atomic E-state index is 6.49. The molecule has 100 valence electrons. The van der Waals surface area contributed by atoms with E-state index in [0.717, 1.165) is 12.3 Å². The van der Waals surface area contributed by atoms with Gasteiger partial charge in [0, 0.05) is 15.9 Å². The molecule has 1 aliphatic rings. The standard InChI is InChI=1S/C16H24BrN/c1-3-15(18)16(9-7-12(2)8-10-16)13-5-4-6-14(17)11-13/h4-6,11-12,15H,3,7-10,18H2,1-2H3. The molecule has 0 radical (unpaired) electrons. The molecule has 2 heteroatoms. The van der Waals surface area contributed by atoms with E-state index in [-0.39, 0.29) is 11.5 Å². The van der Waals surface area contributed by atoms with Crippen LogP contribution < -0.4 is 5.73 Å². The van der Waals surface area contributed by atoms with Crippen molar-refractivity contribution in [3.63, 3.8) is 0 Å². The normalized spacial score (nSPS) is 30.1. The van der Waals surface area contributed by atoms with Crippen LogP contribution in [0.25, 0.3) is 0 Å². The molecule has 1 fully saturated rings. The van der Waals surface area contributed by atoms with Crippen molar-refractivity contribution >= 4 is 15.9 Å². The van der Waals surface area contributed by atoms with Gasteiger partial charge in [-0.2, -0.15) is 0 Å². The van der Waals surface area contributed by atoms with E-state index in [9.17, 15) is 0 Å². The second kappa shape index (κ2) is 5.75. The molecule has 2 rings (SSSR count). The lowest BCUT2D eigenvalue weighted by atomic mass is 9.62. The minimum absolute atomic E-state index is 0.199. The topological polar surface area (TPSA) is 26.0 Å². The Kier molecular flexibility index (Phi) is 4.50. The Balaban J connectivity index is 2.36. The molecule has 1 aromatic carbocycles. The van der Waals surface area contributed by atoms with E-state index in [1.165, 1.54) is 35.7 Å². The highest BCUT2D eigenvalue weighted by Crippen LogP contribution is 2.44. The van der Waals surface area contributed by atoms with Crippen LogP contribution in [0.1, 0.15) is 51.5 Å². The molecule has 18 heavy (non-hydrogen) atoms. The largest absolute Gasteiger partial charge is 0.327 e. The van der Waals surface area contributed by atoms with Crippen molar-refractivity contribution in [2.75, 3.05) is 0 Å². The lowest BCUT2D eigenvalue weighted by molar-refractivity contribution is 0.200. The molecule has 0 aliphatic heterocycles. The van der Waals surface area contributed by atoms with E-state index in [1.807, 2.05) is 0 Å². The summed E-state index contributed by atoms with van der Waals surface area (Å²) in [7, 11) is 0. The zero-order valence-electron chi connectivity index (χ0n) is 11.5. The molecule has 0 heterocycles. The van der Waals surface area contributed by atoms with Crippen LogP contribution in [0.5, 0.6) is 0 Å². The fourth-order valence-corrected chi connectivity index (χ4v) is 3.74. The van der Waals surface area contributed by atoms with Gasteiger partial charge in [-0.25, -0.2) is 0 Å². The highest BCUT2D eigenvalue weighted by molar-refractivity contribution is 9.10. The SMILES string of the molecule is CCC(N)C1(c2cccc(Br)c2)CCC(C)CC1. The Morgan fingerprint density at radius 2 is 2.06 bits per heavy atom. The number of benzene rings is 1. The number of rotatable bonds is 3. The Labute approximate surface area is 119 Å². The third-order valence-corrected chi connectivity index (χ3v) is 5.21. The minimum atomic E-state index is 0.199. The fraction of sp³-hybridized carbons (Fsp3) is 0.625. The highest BCUT2D eigenvalue weighted by atomic mass is 79.9. The maximum atomic E-state index is 6.49. The van der Waals surface area contributed by atoms with E-state index in [2.05, 4.69) is 54.0 Å². The van der Waals surface area contributed by atoms with Gasteiger partial charge in [-0.1, -0.05) is 41.9 Å². The van der Waals surface area contributed by atoms with Crippen molar-refractivity contribution in [1.29, 1.82) is 0 Å². The molecule has 1 nitrogen and oxygen atoms in total. The van der Waals surface area contributed by atoms with Crippen LogP contribution in [0, 0.1) is 5.92 Å². The summed E-state index contributed by atoms with van der Waals surface area (Å²) in [6.45, 7) is 4.57. The lowest BCUT2D eigenvalue weighted by Crippen LogP contribution is -2.47. The second-order valence-electron chi connectivity index (χ2n) is 5.86. The second-order valence-corrected chi connectivity index (χ2v) is 6.78.